The first kappa shape index (κ1) is 21.6. The van der Waals surface area contributed by atoms with Gasteiger partial charge in [-0.1, -0.05) is 45.7 Å². The van der Waals surface area contributed by atoms with E-state index in [0.29, 0.717) is 17.4 Å². The van der Waals surface area contributed by atoms with Gasteiger partial charge in [0.2, 0.25) is 0 Å². The number of amides is 3. The Labute approximate surface area is 168 Å². The predicted molar refractivity (Wildman–Crippen MR) is 111 cm³/mol. The number of hydrogen-bond donors (Lipinski definition) is 2. The number of unbranched alkanes of at least 4 members (excludes halogenated alkanes) is 1. The Morgan fingerprint density at radius 2 is 2.04 bits per heavy atom. The number of carbonyl (C=O) groups excluding carboxylic acids is 3. The van der Waals surface area contributed by atoms with Gasteiger partial charge in [-0.25, -0.2) is 4.79 Å². The van der Waals surface area contributed by atoms with Gasteiger partial charge in [-0.3, -0.25) is 14.9 Å². The van der Waals surface area contributed by atoms with Gasteiger partial charge < -0.3 is 10.1 Å². The van der Waals surface area contributed by atoms with E-state index in [1.165, 1.54) is 12.2 Å². The average molecular weight is 411 g/mol. The van der Waals surface area contributed by atoms with Crippen molar-refractivity contribution in [3.05, 3.63) is 29.3 Å². The zero-order chi connectivity index (χ0) is 19.6. The maximum absolute atomic E-state index is 11.9. The lowest BCUT2D eigenvalue weighted by Gasteiger charge is -2.10. The van der Waals surface area contributed by atoms with Crippen LogP contribution in [0.25, 0.3) is 0 Å². The number of hydrogen-bond acceptors (Lipinski definition) is 6. The Morgan fingerprint density at radius 3 is 2.74 bits per heavy atom. The maximum atomic E-state index is 11.9. The summed E-state index contributed by atoms with van der Waals surface area (Å²) in [5.41, 5.74) is 2.61. The molecule has 3 amide bonds. The monoisotopic (exact) mass is 410 g/mol. The van der Waals surface area contributed by atoms with Gasteiger partial charge in [0.1, 0.15) is 0 Å². The van der Waals surface area contributed by atoms with Gasteiger partial charge in [0.25, 0.3) is 5.91 Å². The molecule has 0 bridgehead atoms. The van der Waals surface area contributed by atoms with Crippen molar-refractivity contribution in [2.75, 3.05) is 17.7 Å². The number of esters is 1. The van der Waals surface area contributed by atoms with E-state index in [1.54, 1.807) is 6.07 Å². The molecule has 8 heteroatoms. The van der Waals surface area contributed by atoms with Crippen molar-refractivity contribution in [1.29, 1.82) is 0 Å². The Balaban J connectivity index is 1.58. The van der Waals surface area contributed by atoms with Gasteiger partial charge in [0.05, 0.1) is 0 Å². The Hall–Kier alpha value is -1.67. The highest BCUT2D eigenvalue weighted by Gasteiger charge is 2.16. The van der Waals surface area contributed by atoms with Crippen LogP contribution in [0.4, 0.5) is 10.5 Å². The molecule has 2 N–H and O–H groups in total. The molecule has 148 valence electrons. The molecule has 1 aromatic rings. The summed E-state index contributed by atoms with van der Waals surface area (Å²) >= 11 is 0. The first-order valence-corrected chi connectivity index (χ1v) is 11.4. The summed E-state index contributed by atoms with van der Waals surface area (Å²) in [5.74, 6) is 0.155. The fraction of sp³-hybridized carbons (Fsp3) is 0.526. The van der Waals surface area contributed by atoms with Gasteiger partial charge in [0.15, 0.2) is 6.61 Å². The van der Waals surface area contributed by atoms with E-state index in [0.717, 1.165) is 30.4 Å². The molecule has 0 aromatic heterocycles. The van der Waals surface area contributed by atoms with E-state index in [2.05, 4.69) is 10.6 Å². The van der Waals surface area contributed by atoms with Crippen LogP contribution in [0.5, 0.6) is 0 Å². The van der Waals surface area contributed by atoms with Crippen molar-refractivity contribution >= 4 is 45.2 Å². The highest BCUT2D eigenvalue weighted by molar-refractivity contribution is 8.77. The highest BCUT2D eigenvalue weighted by atomic mass is 33.1. The Bertz CT molecular complexity index is 676. The second-order valence-electron chi connectivity index (χ2n) is 6.56. The van der Waals surface area contributed by atoms with Crippen molar-refractivity contribution in [1.82, 2.24) is 5.32 Å². The minimum atomic E-state index is -0.648. The molecule has 0 aliphatic carbocycles. The minimum absolute atomic E-state index is 0.298. The molecule has 0 unspecified atom stereocenters. The highest BCUT2D eigenvalue weighted by Crippen LogP contribution is 2.39. The first-order chi connectivity index (χ1) is 12.9. The summed E-state index contributed by atoms with van der Waals surface area (Å²) in [6.07, 6.45) is 4.40. The summed E-state index contributed by atoms with van der Waals surface area (Å²) in [6, 6.07) is 4.94. The molecule has 0 saturated carbocycles. The zero-order valence-electron chi connectivity index (χ0n) is 15.7. The van der Waals surface area contributed by atoms with Crippen molar-refractivity contribution in [3.8, 4) is 0 Å². The SMILES string of the molecule is Cc1ccc(NC(=O)NC(=O)COC(=O)CCCC[C@H]2CCSS2)c(C)c1. The zero-order valence-corrected chi connectivity index (χ0v) is 17.3. The summed E-state index contributed by atoms with van der Waals surface area (Å²) in [5, 5.41) is 5.47. The molecule has 1 saturated heterocycles. The predicted octanol–water partition coefficient (Wildman–Crippen LogP) is 4.21. The van der Waals surface area contributed by atoms with Gasteiger partial charge in [0, 0.05) is 23.1 Å². The van der Waals surface area contributed by atoms with Crippen molar-refractivity contribution in [2.45, 2.75) is 51.2 Å². The van der Waals surface area contributed by atoms with Gasteiger partial charge in [-0.05, 0) is 44.7 Å². The lowest BCUT2D eigenvalue weighted by molar-refractivity contribution is -0.148. The molecular formula is C19H26N2O4S2. The third-order valence-electron chi connectivity index (χ3n) is 4.13. The lowest BCUT2D eigenvalue weighted by atomic mass is 10.1. The molecule has 0 spiro atoms. The molecule has 1 atom stereocenters. The van der Waals surface area contributed by atoms with E-state index in [4.69, 9.17) is 4.74 Å². The van der Waals surface area contributed by atoms with E-state index in [9.17, 15) is 14.4 Å². The van der Waals surface area contributed by atoms with Crippen LogP contribution < -0.4 is 10.6 Å². The van der Waals surface area contributed by atoms with E-state index in [1.807, 2.05) is 47.6 Å². The van der Waals surface area contributed by atoms with Crippen molar-refractivity contribution < 1.29 is 19.1 Å². The first-order valence-electron chi connectivity index (χ1n) is 9.06. The number of rotatable bonds is 8. The molecule has 1 heterocycles. The largest absolute Gasteiger partial charge is 0.456 e. The van der Waals surface area contributed by atoms with Crippen LogP contribution in [0.1, 0.15) is 43.2 Å². The Morgan fingerprint density at radius 1 is 1.22 bits per heavy atom. The average Bonchev–Trinajstić information content (AvgIpc) is 3.13. The van der Waals surface area contributed by atoms with Crippen LogP contribution in [-0.4, -0.2) is 35.5 Å². The van der Waals surface area contributed by atoms with Crippen LogP contribution in [0, 0.1) is 13.8 Å². The number of anilines is 1. The van der Waals surface area contributed by atoms with Gasteiger partial charge >= 0.3 is 12.0 Å². The quantitative estimate of drug-likeness (QED) is 0.379. The maximum Gasteiger partial charge on any atom is 0.325 e. The summed E-state index contributed by atoms with van der Waals surface area (Å²) in [7, 11) is 3.84. The standard InChI is InChI=1S/C19H26N2O4S2/c1-13-7-8-16(14(2)11-13)20-19(24)21-17(22)12-25-18(23)6-4-3-5-15-9-10-26-27-15/h7-8,11,15H,3-6,9-10,12H2,1-2H3,(H2,20,21,22,24)/t15-/m0/s1. The topological polar surface area (TPSA) is 84.5 Å². The van der Waals surface area contributed by atoms with Crippen LogP contribution in [-0.2, 0) is 14.3 Å². The number of nitrogens with one attached hydrogen (secondary N) is 2. The third kappa shape index (κ3) is 8.26. The third-order valence-corrected chi connectivity index (χ3v) is 7.14. The number of imide groups is 1. The number of aryl methyl sites for hydroxylation is 2. The molecule has 6 nitrogen and oxygen atoms in total. The van der Waals surface area contributed by atoms with Gasteiger partial charge in [-0.2, -0.15) is 0 Å². The number of ether oxygens (including phenoxy) is 1. The van der Waals surface area contributed by atoms with E-state index < -0.39 is 24.5 Å². The molecule has 27 heavy (non-hydrogen) atoms. The number of benzene rings is 1. The molecule has 1 aliphatic heterocycles. The summed E-state index contributed by atoms with van der Waals surface area (Å²) in [6.45, 7) is 3.38. The fourth-order valence-corrected chi connectivity index (χ4v) is 5.72. The number of urea groups is 1. The molecule has 1 aliphatic rings. The number of carbonyl (C=O) groups is 3. The summed E-state index contributed by atoms with van der Waals surface area (Å²) < 4.78 is 4.93. The van der Waals surface area contributed by atoms with Crippen LogP contribution in [0.2, 0.25) is 0 Å². The summed E-state index contributed by atoms with van der Waals surface area (Å²) in [4.78, 5) is 35.3. The van der Waals surface area contributed by atoms with Gasteiger partial charge in [-0.15, -0.1) is 0 Å². The van der Waals surface area contributed by atoms with E-state index >= 15 is 0 Å². The van der Waals surface area contributed by atoms with Crippen LogP contribution >= 0.6 is 21.6 Å². The molecule has 1 aromatic carbocycles. The smallest absolute Gasteiger partial charge is 0.325 e. The minimum Gasteiger partial charge on any atom is -0.456 e. The van der Waals surface area contributed by atoms with Crippen LogP contribution in [0.3, 0.4) is 0 Å². The van der Waals surface area contributed by atoms with Crippen molar-refractivity contribution in [2.24, 2.45) is 0 Å². The fourth-order valence-electron chi connectivity index (χ4n) is 2.69. The second-order valence-corrected chi connectivity index (χ2v) is 9.34. The normalized spacial score (nSPS) is 16.0. The van der Waals surface area contributed by atoms with Crippen molar-refractivity contribution in [3.63, 3.8) is 0 Å². The lowest BCUT2D eigenvalue weighted by Crippen LogP contribution is -2.37. The second kappa shape index (κ2) is 11.2. The molecular weight excluding hydrogens is 384 g/mol. The van der Waals surface area contributed by atoms with Crippen LogP contribution in [0.15, 0.2) is 18.2 Å². The molecule has 1 fully saturated rings. The molecule has 0 radical (unpaired) electrons. The molecule has 2 rings (SSSR count). The van der Waals surface area contributed by atoms with E-state index in [-0.39, 0.29) is 0 Å². The Kier molecular flexibility index (Phi) is 9.00.